The van der Waals surface area contributed by atoms with Crippen LogP contribution >= 0.6 is 0 Å². The molecule has 0 aromatic carbocycles. The number of piperidine rings is 1. The molecule has 1 aliphatic heterocycles. The molecule has 1 atom stereocenters. The zero-order valence-electron chi connectivity index (χ0n) is 9.91. The van der Waals surface area contributed by atoms with E-state index in [1.807, 2.05) is 0 Å². The minimum absolute atomic E-state index is 0.843. The molecule has 1 heterocycles. The maximum atomic E-state index is 2.69. The third-order valence-electron chi connectivity index (χ3n) is 3.68. The third-order valence-corrected chi connectivity index (χ3v) is 3.68. The number of nitrogens with zero attached hydrogens (tertiary/aromatic N) is 1. The molecule has 2 rings (SSSR count). The van der Waals surface area contributed by atoms with Crippen molar-refractivity contribution >= 4 is 0 Å². The molecular formula is C14H23N. The average Bonchev–Trinajstić information content (AvgIpc) is 2.31. The molecule has 1 fully saturated rings. The van der Waals surface area contributed by atoms with Crippen LogP contribution in [-0.4, -0.2) is 24.0 Å². The van der Waals surface area contributed by atoms with Gasteiger partial charge in [-0.05, 0) is 44.2 Å². The Kier molecular flexibility index (Phi) is 4.01. The summed E-state index contributed by atoms with van der Waals surface area (Å²) in [4.78, 5) is 2.69. The van der Waals surface area contributed by atoms with E-state index in [0.29, 0.717) is 0 Å². The van der Waals surface area contributed by atoms with E-state index < -0.39 is 0 Å². The normalized spacial score (nSPS) is 27.8. The smallest absolute Gasteiger partial charge is 0.0233 e. The van der Waals surface area contributed by atoms with Crippen molar-refractivity contribution in [2.45, 2.75) is 51.5 Å². The summed E-state index contributed by atoms with van der Waals surface area (Å²) in [6, 6.07) is 0.843. The molecule has 1 unspecified atom stereocenters. The van der Waals surface area contributed by atoms with Crippen molar-refractivity contribution in [3.05, 3.63) is 23.8 Å². The lowest BCUT2D eigenvalue weighted by Crippen LogP contribution is -2.40. The molecule has 1 heteroatoms. The van der Waals surface area contributed by atoms with E-state index in [9.17, 15) is 0 Å². The molecule has 2 aliphatic rings. The second kappa shape index (κ2) is 5.50. The van der Waals surface area contributed by atoms with Crippen molar-refractivity contribution < 1.29 is 0 Å². The summed E-state index contributed by atoms with van der Waals surface area (Å²) >= 11 is 0. The van der Waals surface area contributed by atoms with E-state index in [4.69, 9.17) is 0 Å². The van der Waals surface area contributed by atoms with E-state index >= 15 is 0 Å². The fourth-order valence-electron chi connectivity index (χ4n) is 2.75. The van der Waals surface area contributed by atoms with Crippen molar-refractivity contribution in [1.82, 2.24) is 4.90 Å². The van der Waals surface area contributed by atoms with Crippen LogP contribution in [0, 0.1) is 0 Å². The van der Waals surface area contributed by atoms with Crippen LogP contribution in [0.4, 0.5) is 0 Å². The van der Waals surface area contributed by atoms with Crippen molar-refractivity contribution in [2.75, 3.05) is 13.1 Å². The van der Waals surface area contributed by atoms with Gasteiger partial charge in [0.2, 0.25) is 0 Å². The Morgan fingerprint density at radius 3 is 3.00 bits per heavy atom. The highest BCUT2D eigenvalue weighted by atomic mass is 15.2. The molecule has 0 spiro atoms. The van der Waals surface area contributed by atoms with E-state index in [2.05, 4.69) is 30.1 Å². The van der Waals surface area contributed by atoms with E-state index in [0.717, 1.165) is 6.04 Å². The quantitative estimate of drug-likeness (QED) is 0.681. The second-order valence-corrected chi connectivity index (χ2v) is 4.79. The lowest BCUT2D eigenvalue weighted by Gasteiger charge is -2.35. The maximum Gasteiger partial charge on any atom is 0.0233 e. The molecule has 84 valence electrons. The molecule has 0 N–H and O–H groups in total. The zero-order valence-corrected chi connectivity index (χ0v) is 9.91. The lowest BCUT2D eigenvalue weighted by atomic mass is 9.98. The lowest BCUT2D eigenvalue weighted by molar-refractivity contribution is 0.158. The van der Waals surface area contributed by atoms with Gasteiger partial charge in [0.1, 0.15) is 0 Å². The van der Waals surface area contributed by atoms with Crippen LogP contribution in [0.1, 0.15) is 45.4 Å². The predicted octanol–water partition coefficient (Wildman–Crippen LogP) is 3.53. The van der Waals surface area contributed by atoms with E-state index in [1.165, 1.54) is 51.6 Å². The number of likely N-dealkylation sites (tertiary alicyclic amines) is 1. The van der Waals surface area contributed by atoms with Crippen molar-refractivity contribution in [3.63, 3.8) is 0 Å². The Morgan fingerprint density at radius 2 is 2.27 bits per heavy atom. The van der Waals surface area contributed by atoms with Gasteiger partial charge < -0.3 is 0 Å². The molecule has 0 radical (unpaired) electrons. The Labute approximate surface area is 93.9 Å². The topological polar surface area (TPSA) is 3.24 Å². The molecule has 15 heavy (non-hydrogen) atoms. The first-order valence-corrected chi connectivity index (χ1v) is 6.49. The number of allylic oxidation sites excluding steroid dienone is 2. The predicted molar refractivity (Wildman–Crippen MR) is 66.0 cm³/mol. The molecule has 0 amide bonds. The second-order valence-electron chi connectivity index (χ2n) is 4.79. The Bertz CT molecular complexity index is 252. The standard InChI is InChI=1S/C14H23N/c1-2-14-10-6-7-11-15(14)12-13-8-4-3-5-9-13/h4,8-9,14H,2-3,5-7,10-12H2,1H3. The first kappa shape index (κ1) is 10.9. The van der Waals surface area contributed by atoms with Crippen LogP contribution in [0.25, 0.3) is 0 Å². The summed E-state index contributed by atoms with van der Waals surface area (Å²) in [7, 11) is 0. The van der Waals surface area contributed by atoms with Gasteiger partial charge in [-0.3, -0.25) is 4.90 Å². The first-order valence-electron chi connectivity index (χ1n) is 6.49. The summed E-state index contributed by atoms with van der Waals surface area (Å²) in [5.74, 6) is 0. The summed E-state index contributed by atoms with van der Waals surface area (Å²) in [5.41, 5.74) is 1.54. The molecule has 1 nitrogen and oxygen atoms in total. The van der Waals surface area contributed by atoms with Gasteiger partial charge in [-0.1, -0.05) is 31.6 Å². The highest BCUT2D eigenvalue weighted by Gasteiger charge is 2.20. The Morgan fingerprint density at radius 1 is 1.33 bits per heavy atom. The van der Waals surface area contributed by atoms with Gasteiger partial charge in [-0.25, -0.2) is 0 Å². The fourth-order valence-corrected chi connectivity index (χ4v) is 2.75. The average molecular weight is 205 g/mol. The maximum absolute atomic E-state index is 2.69. The van der Waals surface area contributed by atoms with Gasteiger partial charge in [0, 0.05) is 12.6 Å². The highest BCUT2D eigenvalue weighted by Crippen LogP contribution is 2.21. The van der Waals surface area contributed by atoms with Crippen molar-refractivity contribution in [1.29, 1.82) is 0 Å². The Hall–Kier alpha value is -0.560. The minimum atomic E-state index is 0.843. The molecule has 0 bridgehead atoms. The molecule has 1 aliphatic carbocycles. The van der Waals surface area contributed by atoms with Gasteiger partial charge in [0.15, 0.2) is 0 Å². The SMILES string of the molecule is CCC1CCCCN1CC1=CCCC=C1. The zero-order chi connectivity index (χ0) is 10.5. The summed E-state index contributed by atoms with van der Waals surface area (Å²) in [6.07, 6.45) is 15.1. The van der Waals surface area contributed by atoms with Gasteiger partial charge in [-0.15, -0.1) is 0 Å². The van der Waals surface area contributed by atoms with Gasteiger partial charge in [0.05, 0.1) is 0 Å². The van der Waals surface area contributed by atoms with Crippen LogP contribution in [0.2, 0.25) is 0 Å². The van der Waals surface area contributed by atoms with Crippen LogP contribution < -0.4 is 0 Å². The first-order chi connectivity index (χ1) is 7.40. The van der Waals surface area contributed by atoms with Gasteiger partial charge >= 0.3 is 0 Å². The summed E-state index contributed by atoms with van der Waals surface area (Å²) in [6.45, 7) is 4.83. The molecular weight excluding hydrogens is 182 g/mol. The monoisotopic (exact) mass is 205 g/mol. The van der Waals surface area contributed by atoms with Crippen molar-refractivity contribution in [3.8, 4) is 0 Å². The summed E-state index contributed by atoms with van der Waals surface area (Å²) < 4.78 is 0. The van der Waals surface area contributed by atoms with E-state index in [-0.39, 0.29) is 0 Å². The number of hydrogen-bond donors (Lipinski definition) is 0. The van der Waals surface area contributed by atoms with Gasteiger partial charge in [0.25, 0.3) is 0 Å². The minimum Gasteiger partial charge on any atom is -0.296 e. The number of rotatable bonds is 3. The van der Waals surface area contributed by atoms with Crippen LogP contribution in [0.5, 0.6) is 0 Å². The highest BCUT2D eigenvalue weighted by molar-refractivity contribution is 5.23. The molecule has 1 saturated heterocycles. The van der Waals surface area contributed by atoms with Crippen molar-refractivity contribution in [2.24, 2.45) is 0 Å². The van der Waals surface area contributed by atoms with Crippen LogP contribution in [0.3, 0.4) is 0 Å². The van der Waals surface area contributed by atoms with Gasteiger partial charge in [-0.2, -0.15) is 0 Å². The Balaban J connectivity index is 1.91. The van der Waals surface area contributed by atoms with Crippen LogP contribution in [-0.2, 0) is 0 Å². The largest absolute Gasteiger partial charge is 0.296 e. The van der Waals surface area contributed by atoms with E-state index in [1.54, 1.807) is 5.57 Å². The fraction of sp³-hybridized carbons (Fsp3) is 0.714. The summed E-state index contributed by atoms with van der Waals surface area (Å²) in [5, 5.41) is 0. The third kappa shape index (κ3) is 2.94. The molecule has 0 aromatic heterocycles. The van der Waals surface area contributed by atoms with Crippen LogP contribution in [0.15, 0.2) is 23.8 Å². The number of hydrogen-bond acceptors (Lipinski definition) is 1. The molecule has 0 saturated carbocycles. The molecule has 0 aromatic rings.